The van der Waals surface area contributed by atoms with Gasteiger partial charge in [0.25, 0.3) is 0 Å². The Morgan fingerprint density at radius 2 is 1.80 bits per heavy atom. The quantitative estimate of drug-likeness (QED) is 0.431. The number of hydrogen-bond donors (Lipinski definition) is 1. The molecule has 0 amide bonds. The number of nitrogens with zero attached hydrogens (tertiary/aromatic N) is 2. The highest BCUT2D eigenvalue weighted by Gasteiger charge is 2.08. The van der Waals surface area contributed by atoms with Crippen molar-refractivity contribution in [3.63, 3.8) is 0 Å². The van der Waals surface area contributed by atoms with Crippen molar-refractivity contribution < 1.29 is 4.42 Å². The summed E-state index contributed by atoms with van der Waals surface area (Å²) < 4.78 is 5.75. The van der Waals surface area contributed by atoms with Crippen LogP contribution < -0.4 is 5.63 Å². The number of oxazole rings is 1. The fraction of sp³-hybridized carbons (Fsp3) is 0.0500. The molecule has 4 nitrogen and oxygen atoms in total. The molecule has 1 N–H and O–H groups in total. The highest BCUT2D eigenvalue weighted by atomic mass is 31.1. The molecule has 122 valence electrons. The van der Waals surface area contributed by atoms with Crippen molar-refractivity contribution in [2.45, 2.75) is 6.92 Å². The van der Waals surface area contributed by atoms with Crippen LogP contribution in [0.25, 0.3) is 27.6 Å². The Morgan fingerprint density at radius 1 is 1.04 bits per heavy atom. The van der Waals surface area contributed by atoms with Crippen molar-refractivity contribution in [1.29, 1.82) is 5.41 Å². The van der Waals surface area contributed by atoms with Gasteiger partial charge in [-0.3, -0.25) is 0 Å². The van der Waals surface area contributed by atoms with Crippen LogP contribution >= 0.6 is 8.58 Å². The minimum atomic E-state index is 0.243. The van der Waals surface area contributed by atoms with Gasteiger partial charge in [0.15, 0.2) is 5.58 Å². The molecular formula is C20H16N3OP. The third-order valence-corrected chi connectivity index (χ3v) is 4.94. The molecule has 1 unspecified atom stereocenters. The zero-order chi connectivity index (χ0) is 17.2. The number of aromatic nitrogens is 2. The molecule has 1 atom stereocenters. The Bertz CT molecular complexity index is 1080. The van der Waals surface area contributed by atoms with Crippen LogP contribution in [0.2, 0.25) is 0 Å². The zero-order valence-electron chi connectivity index (χ0n) is 13.7. The van der Waals surface area contributed by atoms with Crippen molar-refractivity contribution in [2.24, 2.45) is 0 Å². The summed E-state index contributed by atoms with van der Waals surface area (Å²) in [5.74, 6) is 1.97. The number of rotatable bonds is 4. The van der Waals surface area contributed by atoms with Gasteiger partial charge in [0.05, 0.1) is 11.2 Å². The molecule has 2 aromatic carbocycles. The van der Waals surface area contributed by atoms with Gasteiger partial charge in [-0.15, -0.1) is 0 Å². The van der Waals surface area contributed by atoms with E-state index in [0.29, 0.717) is 5.63 Å². The van der Waals surface area contributed by atoms with Gasteiger partial charge in [-0.25, -0.2) is 9.97 Å². The second-order valence-electron chi connectivity index (χ2n) is 5.72. The molecule has 2 aromatic heterocycles. The minimum absolute atomic E-state index is 0.243. The van der Waals surface area contributed by atoms with E-state index >= 15 is 0 Å². The largest absolute Gasteiger partial charge is 0.437 e. The molecule has 25 heavy (non-hydrogen) atoms. The lowest BCUT2D eigenvalue weighted by atomic mass is 10.1. The summed E-state index contributed by atoms with van der Waals surface area (Å²) in [4.78, 5) is 9.18. The number of fused-ring (bicyclic) bond motifs is 2. The molecule has 2 heterocycles. The number of allylic oxidation sites excluding steroid dienone is 1. The molecule has 0 fully saturated rings. The Hall–Kier alpha value is -2.84. The summed E-state index contributed by atoms with van der Waals surface area (Å²) in [5.41, 5.74) is 5.97. The van der Waals surface area contributed by atoms with Gasteiger partial charge in [-0.2, -0.15) is 0 Å². The van der Waals surface area contributed by atoms with E-state index in [1.54, 1.807) is 0 Å². The number of aryl methyl sites for hydroxylation is 1. The van der Waals surface area contributed by atoms with E-state index in [9.17, 15) is 0 Å². The van der Waals surface area contributed by atoms with Crippen molar-refractivity contribution in [2.75, 3.05) is 0 Å². The normalized spacial score (nSPS) is 12.4. The van der Waals surface area contributed by atoms with Crippen molar-refractivity contribution in [3.05, 3.63) is 71.7 Å². The highest BCUT2D eigenvalue weighted by Crippen LogP contribution is 2.25. The van der Waals surface area contributed by atoms with E-state index in [4.69, 9.17) is 14.8 Å². The lowest BCUT2D eigenvalue weighted by molar-refractivity contribution is 0.646. The van der Waals surface area contributed by atoms with Gasteiger partial charge >= 0.3 is 0 Å². The second-order valence-corrected chi connectivity index (χ2v) is 6.72. The van der Waals surface area contributed by atoms with E-state index in [0.717, 1.165) is 38.8 Å². The van der Waals surface area contributed by atoms with E-state index < -0.39 is 0 Å². The summed E-state index contributed by atoms with van der Waals surface area (Å²) in [6.45, 7) is 2.07. The predicted molar refractivity (Wildman–Crippen MR) is 105 cm³/mol. The van der Waals surface area contributed by atoms with Crippen LogP contribution in [-0.2, 0) is 0 Å². The third-order valence-electron chi connectivity index (χ3n) is 4.02. The van der Waals surface area contributed by atoms with Crippen molar-refractivity contribution in [1.82, 2.24) is 9.97 Å². The fourth-order valence-electron chi connectivity index (χ4n) is 2.76. The molecule has 0 saturated carbocycles. The molecule has 0 bridgehead atoms. The number of para-hydroxylation sites is 3. The van der Waals surface area contributed by atoms with Gasteiger partial charge in [0, 0.05) is 17.2 Å². The van der Waals surface area contributed by atoms with Gasteiger partial charge in [-0.1, -0.05) is 30.3 Å². The molecule has 4 rings (SSSR count). The fourth-order valence-corrected chi connectivity index (χ4v) is 3.62. The minimum Gasteiger partial charge on any atom is -0.437 e. The first-order chi connectivity index (χ1) is 12.2. The molecule has 0 aliphatic rings. The summed E-state index contributed by atoms with van der Waals surface area (Å²) >= 11 is 0. The van der Waals surface area contributed by atoms with Crippen LogP contribution in [0.4, 0.5) is 0 Å². The summed E-state index contributed by atoms with van der Waals surface area (Å²) in [6.07, 6.45) is 1.34. The lowest BCUT2D eigenvalue weighted by Crippen LogP contribution is -1.95. The molecule has 0 saturated heterocycles. The molecular weight excluding hydrogens is 329 g/mol. The van der Waals surface area contributed by atoms with Crippen LogP contribution in [0, 0.1) is 12.3 Å². The zero-order valence-corrected chi connectivity index (χ0v) is 14.7. The predicted octanol–water partition coefficient (Wildman–Crippen LogP) is 4.68. The number of hydrogen-bond acceptors (Lipinski definition) is 4. The average molecular weight is 345 g/mol. The standard InChI is InChI=1S/C20H16N3OP/c1-13-10-18(22-16-7-3-2-6-15(13)16)14(11-21)12-25-20-23-17-8-4-5-9-19(17)24-20/h2-12,21,25H,1H3/b14-12+,21-11?. The van der Waals surface area contributed by atoms with Gasteiger partial charge in [-0.05, 0) is 51.2 Å². The van der Waals surface area contributed by atoms with Gasteiger partial charge in [0.2, 0.25) is 5.63 Å². The summed E-state index contributed by atoms with van der Waals surface area (Å²) in [7, 11) is 0.243. The van der Waals surface area contributed by atoms with E-state index in [-0.39, 0.29) is 8.58 Å². The maximum atomic E-state index is 7.77. The first-order valence-electron chi connectivity index (χ1n) is 7.94. The Morgan fingerprint density at radius 3 is 2.60 bits per heavy atom. The highest BCUT2D eigenvalue weighted by molar-refractivity contribution is 7.50. The molecule has 0 radical (unpaired) electrons. The van der Waals surface area contributed by atoms with E-state index in [1.165, 1.54) is 6.21 Å². The number of pyridine rings is 1. The number of benzene rings is 2. The second kappa shape index (κ2) is 6.58. The Balaban J connectivity index is 1.69. The maximum absolute atomic E-state index is 7.77. The van der Waals surface area contributed by atoms with Crippen molar-refractivity contribution in [3.8, 4) is 0 Å². The van der Waals surface area contributed by atoms with Crippen LogP contribution in [0.15, 0.2) is 64.8 Å². The van der Waals surface area contributed by atoms with Gasteiger partial charge in [0.1, 0.15) is 5.52 Å². The van der Waals surface area contributed by atoms with Crippen LogP contribution in [0.3, 0.4) is 0 Å². The van der Waals surface area contributed by atoms with Crippen LogP contribution in [0.1, 0.15) is 11.3 Å². The lowest BCUT2D eigenvalue weighted by Gasteiger charge is -2.06. The van der Waals surface area contributed by atoms with Crippen molar-refractivity contribution >= 4 is 48.0 Å². The monoisotopic (exact) mass is 345 g/mol. The molecule has 0 spiro atoms. The molecule has 0 aliphatic carbocycles. The van der Waals surface area contributed by atoms with E-state index in [2.05, 4.69) is 18.0 Å². The Labute approximate surface area is 146 Å². The molecule has 5 heteroatoms. The molecule has 4 aromatic rings. The summed E-state index contributed by atoms with van der Waals surface area (Å²) in [5, 5.41) is 8.91. The van der Waals surface area contributed by atoms with Gasteiger partial charge < -0.3 is 9.83 Å². The average Bonchev–Trinajstić information content (AvgIpc) is 3.05. The van der Waals surface area contributed by atoms with E-state index in [1.807, 2.05) is 54.3 Å². The van der Waals surface area contributed by atoms with Crippen LogP contribution in [-0.4, -0.2) is 16.2 Å². The number of nitrogens with one attached hydrogen (secondary N) is 1. The summed E-state index contributed by atoms with van der Waals surface area (Å²) in [6, 6.07) is 17.8. The maximum Gasteiger partial charge on any atom is 0.218 e. The SMILES string of the molecule is Cc1cc(/C(C=N)=C/Pc2nc3ccccc3o2)nc2ccccc12. The first-order valence-corrected chi connectivity index (χ1v) is 9.02. The Kier molecular flexibility index (Phi) is 4.12. The smallest absolute Gasteiger partial charge is 0.218 e. The topological polar surface area (TPSA) is 62.8 Å². The van der Waals surface area contributed by atoms with Crippen LogP contribution in [0.5, 0.6) is 0 Å². The third kappa shape index (κ3) is 3.09. The molecule has 0 aliphatic heterocycles. The first kappa shape index (κ1) is 15.7.